The van der Waals surface area contributed by atoms with Crippen LogP contribution in [0.5, 0.6) is 0 Å². The molecular formula is C22H28F3IN4. The fourth-order valence-corrected chi connectivity index (χ4v) is 3.52. The van der Waals surface area contributed by atoms with E-state index in [0.29, 0.717) is 18.9 Å². The van der Waals surface area contributed by atoms with Crippen LogP contribution in [-0.4, -0.2) is 39.2 Å². The van der Waals surface area contributed by atoms with Crippen LogP contribution >= 0.6 is 24.0 Å². The molecule has 4 nitrogen and oxygen atoms in total. The van der Waals surface area contributed by atoms with Crippen molar-refractivity contribution in [2.75, 3.05) is 38.1 Å². The molecule has 0 amide bonds. The first-order valence-corrected chi connectivity index (χ1v) is 9.86. The molecule has 1 aliphatic heterocycles. The topological polar surface area (TPSA) is 39.7 Å². The zero-order chi connectivity index (χ0) is 20.7. The van der Waals surface area contributed by atoms with Gasteiger partial charge in [0.25, 0.3) is 0 Å². The zero-order valence-corrected chi connectivity index (χ0v) is 19.3. The van der Waals surface area contributed by atoms with E-state index >= 15 is 0 Å². The highest BCUT2D eigenvalue weighted by atomic mass is 127. The van der Waals surface area contributed by atoms with E-state index in [2.05, 4.69) is 44.8 Å². The second-order valence-corrected chi connectivity index (χ2v) is 7.26. The summed E-state index contributed by atoms with van der Waals surface area (Å²) < 4.78 is 37.9. The molecule has 1 aliphatic rings. The van der Waals surface area contributed by atoms with Crippen LogP contribution in [0.15, 0.2) is 59.6 Å². The predicted octanol–water partition coefficient (Wildman–Crippen LogP) is 4.56. The average Bonchev–Trinajstić information content (AvgIpc) is 3.20. The fourth-order valence-electron chi connectivity index (χ4n) is 3.52. The van der Waals surface area contributed by atoms with Gasteiger partial charge in [-0.1, -0.05) is 30.3 Å². The van der Waals surface area contributed by atoms with Crippen LogP contribution in [0.4, 0.5) is 18.9 Å². The summed E-state index contributed by atoms with van der Waals surface area (Å²) in [6, 6.07) is 15.7. The summed E-state index contributed by atoms with van der Waals surface area (Å²) >= 11 is 0. The normalized spacial score (nSPS) is 16.9. The molecule has 30 heavy (non-hydrogen) atoms. The molecule has 1 fully saturated rings. The standard InChI is InChI=1S/C22H27F3N4.HI/c1-26-21(27-13-11-17-7-9-19(10-8-17)22(23,24)25)28-15-18-12-14-29(16-18)20-5-3-2-4-6-20;/h2-10,18H,11-16H2,1H3,(H2,26,27,28);1H. The zero-order valence-electron chi connectivity index (χ0n) is 17.0. The lowest BCUT2D eigenvalue weighted by atomic mass is 10.1. The number of nitrogens with zero attached hydrogens (tertiary/aromatic N) is 2. The Labute approximate surface area is 193 Å². The maximum absolute atomic E-state index is 12.6. The highest BCUT2D eigenvalue weighted by Crippen LogP contribution is 2.29. The Morgan fingerprint density at radius 3 is 2.40 bits per heavy atom. The van der Waals surface area contributed by atoms with E-state index in [-0.39, 0.29) is 24.0 Å². The van der Waals surface area contributed by atoms with Crippen LogP contribution in [0.25, 0.3) is 0 Å². The Balaban J connectivity index is 0.00000320. The van der Waals surface area contributed by atoms with Gasteiger partial charge < -0.3 is 15.5 Å². The molecular weight excluding hydrogens is 504 g/mol. The number of hydrogen-bond acceptors (Lipinski definition) is 2. The average molecular weight is 532 g/mol. The van der Waals surface area contributed by atoms with Crippen LogP contribution in [0.1, 0.15) is 17.5 Å². The van der Waals surface area contributed by atoms with Crippen LogP contribution < -0.4 is 15.5 Å². The second-order valence-electron chi connectivity index (χ2n) is 7.26. The minimum atomic E-state index is -4.29. The lowest BCUT2D eigenvalue weighted by Crippen LogP contribution is -2.41. The van der Waals surface area contributed by atoms with Gasteiger partial charge in [0, 0.05) is 38.9 Å². The van der Waals surface area contributed by atoms with Crippen molar-refractivity contribution in [3.8, 4) is 0 Å². The molecule has 0 spiro atoms. The molecule has 2 aromatic rings. The third-order valence-electron chi connectivity index (χ3n) is 5.18. The highest BCUT2D eigenvalue weighted by Gasteiger charge is 2.29. The van der Waals surface area contributed by atoms with Gasteiger partial charge in [0.2, 0.25) is 0 Å². The molecule has 0 bridgehead atoms. The summed E-state index contributed by atoms with van der Waals surface area (Å²) in [5.74, 6) is 1.26. The summed E-state index contributed by atoms with van der Waals surface area (Å²) in [7, 11) is 1.72. The molecule has 3 rings (SSSR count). The third-order valence-corrected chi connectivity index (χ3v) is 5.18. The molecule has 2 aromatic carbocycles. The minimum Gasteiger partial charge on any atom is -0.371 e. The van der Waals surface area contributed by atoms with Crippen molar-refractivity contribution in [3.05, 3.63) is 65.7 Å². The number of halogens is 4. The summed E-state index contributed by atoms with van der Waals surface area (Å²) in [6.07, 6.45) is -2.53. The SMILES string of the molecule is CN=C(NCCc1ccc(C(F)(F)F)cc1)NCC1CCN(c2ccccc2)C1.I. The van der Waals surface area contributed by atoms with Crippen molar-refractivity contribution in [1.29, 1.82) is 0 Å². The van der Waals surface area contributed by atoms with Gasteiger partial charge in [0.05, 0.1) is 5.56 Å². The smallest absolute Gasteiger partial charge is 0.371 e. The molecule has 8 heteroatoms. The van der Waals surface area contributed by atoms with Crippen molar-refractivity contribution in [2.45, 2.75) is 19.0 Å². The molecule has 1 unspecified atom stereocenters. The van der Waals surface area contributed by atoms with E-state index in [4.69, 9.17) is 0 Å². The van der Waals surface area contributed by atoms with Crippen molar-refractivity contribution in [2.24, 2.45) is 10.9 Å². The monoisotopic (exact) mass is 532 g/mol. The van der Waals surface area contributed by atoms with Crippen LogP contribution in [0, 0.1) is 5.92 Å². The van der Waals surface area contributed by atoms with Gasteiger partial charge in [-0.05, 0) is 48.6 Å². The number of rotatable bonds is 6. The van der Waals surface area contributed by atoms with Crippen LogP contribution in [0.2, 0.25) is 0 Å². The maximum Gasteiger partial charge on any atom is 0.416 e. The lowest BCUT2D eigenvalue weighted by molar-refractivity contribution is -0.137. The fraction of sp³-hybridized carbons (Fsp3) is 0.409. The Bertz CT molecular complexity index is 794. The number of hydrogen-bond donors (Lipinski definition) is 2. The van der Waals surface area contributed by atoms with Crippen LogP contribution in [-0.2, 0) is 12.6 Å². The molecule has 1 saturated heterocycles. The van der Waals surface area contributed by atoms with Crippen LogP contribution in [0.3, 0.4) is 0 Å². The number of guanidine groups is 1. The molecule has 2 N–H and O–H groups in total. The molecule has 0 aliphatic carbocycles. The van der Waals surface area contributed by atoms with Crippen molar-refractivity contribution in [1.82, 2.24) is 10.6 Å². The first kappa shape index (κ1) is 24.3. The van der Waals surface area contributed by atoms with Gasteiger partial charge in [-0.3, -0.25) is 4.99 Å². The highest BCUT2D eigenvalue weighted by molar-refractivity contribution is 14.0. The second kappa shape index (κ2) is 11.4. The maximum atomic E-state index is 12.6. The summed E-state index contributed by atoms with van der Waals surface area (Å²) in [4.78, 5) is 6.63. The Kier molecular flexibility index (Phi) is 9.26. The number of nitrogens with one attached hydrogen (secondary N) is 2. The molecule has 1 heterocycles. The molecule has 0 radical (unpaired) electrons. The number of aliphatic imine (C=N–C) groups is 1. The van der Waals surface area contributed by atoms with Crippen molar-refractivity contribution < 1.29 is 13.2 Å². The summed E-state index contributed by atoms with van der Waals surface area (Å²) in [5, 5.41) is 6.59. The number of para-hydroxylation sites is 1. The third kappa shape index (κ3) is 7.07. The van der Waals surface area contributed by atoms with Gasteiger partial charge in [-0.25, -0.2) is 0 Å². The Morgan fingerprint density at radius 2 is 1.77 bits per heavy atom. The summed E-state index contributed by atoms with van der Waals surface area (Å²) in [6.45, 7) is 3.50. The molecule has 164 valence electrons. The van der Waals surface area contributed by atoms with Gasteiger partial charge >= 0.3 is 6.18 Å². The minimum absolute atomic E-state index is 0. The number of anilines is 1. The predicted molar refractivity (Wildman–Crippen MR) is 127 cm³/mol. The van der Waals surface area contributed by atoms with Gasteiger partial charge in [0.1, 0.15) is 0 Å². The van der Waals surface area contributed by atoms with Crippen molar-refractivity contribution in [3.63, 3.8) is 0 Å². The lowest BCUT2D eigenvalue weighted by Gasteiger charge is -2.19. The number of benzene rings is 2. The van der Waals surface area contributed by atoms with E-state index in [1.165, 1.54) is 17.8 Å². The van der Waals surface area contributed by atoms with Gasteiger partial charge in [-0.15, -0.1) is 24.0 Å². The number of alkyl halides is 3. The molecule has 0 saturated carbocycles. The first-order chi connectivity index (χ1) is 14.0. The van der Waals surface area contributed by atoms with E-state index in [1.807, 2.05) is 6.07 Å². The van der Waals surface area contributed by atoms with E-state index < -0.39 is 11.7 Å². The van der Waals surface area contributed by atoms with E-state index in [0.717, 1.165) is 49.7 Å². The first-order valence-electron chi connectivity index (χ1n) is 9.86. The molecule has 1 atom stereocenters. The largest absolute Gasteiger partial charge is 0.416 e. The van der Waals surface area contributed by atoms with E-state index in [9.17, 15) is 13.2 Å². The quantitative estimate of drug-likeness (QED) is 0.326. The van der Waals surface area contributed by atoms with Gasteiger partial charge in [-0.2, -0.15) is 13.2 Å². The summed E-state index contributed by atoms with van der Waals surface area (Å²) in [5.41, 5.74) is 1.50. The Hall–Kier alpha value is -1.97. The Morgan fingerprint density at radius 1 is 1.07 bits per heavy atom. The molecule has 0 aromatic heterocycles. The van der Waals surface area contributed by atoms with Crippen molar-refractivity contribution >= 4 is 35.6 Å². The van der Waals surface area contributed by atoms with E-state index in [1.54, 1.807) is 7.05 Å². The van der Waals surface area contributed by atoms with Gasteiger partial charge in [0.15, 0.2) is 5.96 Å².